The fourth-order valence-electron chi connectivity index (χ4n) is 3.22. The molecule has 1 amide bonds. The molecule has 138 valence electrons. The summed E-state index contributed by atoms with van der Waals surface area (Å²) in [5.41, 5.74) is 1.81. The number of amides is 1. The van der Waals surface area contributed by atoms with Crippen LogP contribution in [-0.4, -0.2) is 22.5 Å². The Morgan fingerprint density at radius 1 is 1.15 bits per heavy atom. The van der Waals surface area contributed by atoms with Crippen molar-refractivity contribution >= 4 is 49.0 Å². The number of allylic oxidation sites excluding steroid dienone is 1. The predicted octanol–water partition coefficient (Wildman–Crippen LogP) is 5.54. The maximum Gasteiger partial charge on any atom is 0.261 e. The van der Waals surface area contributed by atoms with Gasteiger partial charge < -0.3 is 4.74 Å². The molecule has 0 spiro atoms. The van der Waals surface area contributed by atoms with Crippen LogP contribution >= 0.6 is 27.3 Å². The van der Waals surface area contributed by atoms with Gasteiger partial charge in [0, 0.05) is 4.47 Å². The average molecular weight is 443 g/mol. The molecule has 4 nitrogen and oxygen atoms in total. The van der Waals surface area contributed by atoms with Gasteiger partial charge >= 0.3 is 0 Å². The van der Waals surface area contributed by atoms with E-state index in [1.165, 1.54) is 0 Å². The first-order valence-electron chi connectivity index (χ1n) is 8.66. The molecule has 1 aromatic heterocycles. The van der Waals surface area contributed by atoms with Gasteiger partial charge in [-0.15, -0.1) is 11.3 Å². The van der Waals surface area contributed by atoms with Crippen LogP contribution in [0.5, 0.6) is 0 Å². The van der Waals surface area contributed by atoms with Gasteiger partial charge in [-0.3, -0.25) is 9.69 Å². The van der Waals surface area contributed by atoms with E-state index >= 15 is 0 Å². The maximum atomic E-state index is 13.4. The molecule has 0 atom stereocenters. The van der Waals surface area contributed by atoms with Crippen molar-refractivity contribution in [3.05, 3.63) is 69.3 Å². The summed E-state index contributed by atoms with van der Waals surface area (Å²) >= 11 is 5.19. The number of carbonyl (C=O) groups is 1. The molecule has 27 heavy (non-hydrogen) atoms. The molecule has 2 aromatic carbocycles. The van der Waals surface area contributed by atoms with Gasteiger partial charge in [0.05, 0.1) is 21.3 Å². The Hall–Kier alpha value is -2.18. The van der Waals surface area contributed by atoms with Crippen molar-refractivity contribution in [3.63, 3.8) is 0 Å². The highest BCUT2D eigenvalue weighted by molar-refractivity contribution is 9.10. The van der Waals surface area contributed by atoms with E-state index in [2.05, 4.69) is 15.9 Å². The Bertz CT molecular complexity index is 1060. The zero-order valence-corrected chi connectivity index (χ0v) is 17.7. The molecular weight excluding hydrogens is 424 g/mol. The van der Waals surface area contributed by atoms with E-state index in [9.17, 15) is 4.79 Å². The van der Waals surface area contributed by atoms with Crippen LogP contribution in [0.15, 0.2) is 58.8 Å². The average Bonchev–Trinajstić information content (AvgIpc) is 3.09. The number of carbonyl (C=O) groups excluding carboxylic acids is 1. The fraction of sp³-hybridized carbons (Fsp3) is 0.238. The number of halogens is 1. The summed E-state index contributed by atoms with van der Waals surface area (Å²) in [5.74, 6) is 0.624. The number of benzene rings is 2. The van der Waals surface area contributed by atoms with E-state index in [4.69, 9.17) is 9.72 Å². The van der Waals surface area contributed by atoms with Gasteiger partial charge in [0.15, 0.2) is 6.73 Å². The van der Waals surface area contributed by atoms with Crippen LogP contribution in [0.25, 0.3) is 15.8 Å². The van der Waals surface area contributed by atoms with Crippen molar-refractivity contribution < 1.29 is 9.53 Å². The molecule has 6 heteroatoms. The van der Waals surface area contributed by atoms with Crippen LogP contribution < -0.4 is 0 Å². The van der Waals surface area contributed by atoms with Gasteiger partial charge in [-0.05, 0) is 54.4 Å². The summed E-state index contributed by atoms with van der Waals surface area (Å²) in [6, 6.07) is 15.6. The third-order valence-corrected chi connectivity index (χ3v) is 7.19. The Kier molecular flexibility index (Phi) is 4.56. The van der Waals surface area contributed by atoms with Crippen LogP contribution in [0.2, 0.25) is 0 Å². The number of nitrogens with zero attached hydrogens (tertiary/aromatic N) is 2. The molecule has 3 aromatic rings. The second kappa shape index (κ2) is 6.77. The van der Waals surface area contributed by atoms with Crippen LogP contribution in [0.3, 0.4) is 0 Å². The lowest BCUT2D eigenvalue weighted by molar-refractivity contribution is -0.139. The Morgan fingerprint density at radius 2 is 1.89 bits per heavy atom. The van der Waals surface area contributed by atoms with E-state index in [0.29, 0.717) is 11.3 Å². The van der Waals surface area contributed by atoms with Crippen LogP contribution in [-0.2, 0) is 15.1 Å². The van der Waals surface area contributed by atoms with Gasteiger partial charge in [-0.2, -0.15) is 0 Å². The second-order valence-corrected chi connectivity index (χ2v) is 8.82. The molecule has 1 aliphatic heterocycles. The Balaban J connectivity index is 1.75. The second-order valence-electron chi connectivity index (χ2n) is 6.97. The molecule has 1 aliphatic rings. The van der Waals surface area contributed by atoms with Crippen molar-refractivity contribution in [1.82, 2.24) is 9.88 Å². The minimum absolute atomic E-state index is 0.0340. The van der Waals surface area contributed by atoms with Crippen LogP contribution in [0.4, 0.5) is 0 Å². The number of rotatable bonds is 3. The van der Waals surface area contributed by atoms with Crippen molar-refractivity contribution in [1.29, 1.82) is 0 Å². The molecule has 0 fully saturated rings. The molecule has 4 rings (SSSR count). The van der Waals surface area contributed by atoms with E-state index in [1.807, 2.05) is 69.3 Å². The van der Waals surface area contributed by atoms with Crippen molar-refractivity contribution in [2.24, 2.45) is 0 Å². The number of fused-ring (bicyclic) bond motifs is 1. The van der Waals surface area contributed by atoms with Crippen molar-refractivity contribution in [2.75, 3.05) is 6.73 Å². The SMILES string of the molecule is CC1=C(c2ccccc2)C(=O)N(C(C)(C)c2nc3cccc(Br)c3s2)CO1. The van der Waals surface area contributed by atoms with E-state index in [1.54, 1.807) is 16.2 Å². The first-order valence-corrected chi connectivity index (χ1v) is 10.3. The first kappa shape index (κ1) is 18.2. The van der Waals surface area contributed by atoms with Gasteiger partial charge in [0.25, 0.3) is 5.91 Å². The summed E-state index contributed by atoms with van der Waals surface area (Å²) < 4.78 is 7.99. The van der Waals surface area contributed by atoms with Gasteiger partial charge in [-0.25, -0.2) is 4.98 Å². The molecule has 0 bridgehead atoms. The third kappa shape index (κ3) is 3.07. The van der Waals surface area contributed by atoms with Gasteiger partial charge in [0.2, 0.25) is 0 Å². The number of ether oxygens (including phenoxy) is 1. The van der Waals surface area contributed by atoms with Gasteiger partial charge in [0.1, 0.15) is 10.8 Å². The quantitative estimate of drug-likeness (QED) is 0.534. The largest absolute Gasteiger partial charge is 0.477 e. The molecule has 0 unspecified atom stereocenters. The normalized spacial score (nSPS) is 15.4. The predicted molar refractivity (Wildman–Crippen MR) is 112 cm³/mol. The van der Waals surface area contributed by atoms with Crippen molar-refractivity contribution in [3.8, 4) is 0 Å². The lowest BCUT2D eigenvalue weighted by atomic mass is 9.98. The highest BCUT2D eigenvalue weighted by Crippen LogP contribution is 2.40. The number of aromatic nitrogens is 1. The van der Waals surface area contributed by atoms with Crippen molar-refractivity contribution in [2.45, 2.75) is 26.3 Å². The van der Waals surface area contributed by atoms with E-state index in [-0.39, 0.29) is 12.6 Å². The molecule has 0 aliphatic carbocycles. The summed E-state index contributed by atoms with van der Waals surface area (Å²) in [7, 11) is 0. The van der Waals surface area contributed by atoms with E-state index < -0.39 is 5.54 Å². The fourth-order valence-corrected chi connectivity index (χ4v) is 4.90. The summed E-state index contributed by atoms with van der Waals surface area (Å²) in [6.45, 7) is 6.09. The minimum atomic E-state index is -0.596. The third-order valence-electron chi connectivity index (χ3n) is 4.85. The zero-order chi connectivity index (χ0) is 19.2. The number of hydrogen-bond donors (Lipinski definition) is 0. The Morgan fingerprint density at radius 3 is 2.59 bits per heavy atom. The lowest BCUT2D eigenvalue weighted by Crippen LogP contribution is -2.49. The molecule has 0 N–H and O–H groups in total. The van der Waals surface area contributed by atoms with Crippen LogP contribution in [0.1, 0.15) is 31.3 Å². The molecular formula is C21H19BrN2O2S. The molecule has 2 heterocycles. The zero-order valence-electron chi connectivity index (χ0n) is 15.3. The maximum absolute atomic E-state index is 13.4. The highest BCUT2D eigenvalue weighted by atomic mass is 79.9. The van der Waals surface area contributed by atoms with E-state index in [0.717, 1.165) is 25.3 Å². The summed E-state index contributed by atoms with van der Waals surface area (Å²) in [4.78, 5) is 19.9. The molecule has 0 saturated carbocycles. The number of thiazole rings is 1. The minimum Gasteiger partial charge on any atom is -0.477 e. The Labute approximate surface area is 170 Å². The molecule has 0 saturated heterocycles. The standard InChI is InChI=1S/C21H19BrN2O2S/c1-13-17(14-8-5-4-6-9-14)19(25)24(12-26-13)21(2,3)20-23-16-11-7-10-15(22)18(16)27-20/h4-11H,12H2,1-3H3. The first-order chi connectivity index (χ1) is 12.9. The monoisotopic (exact) mass is 442 g/mol. The number of hydrogen-bond acceptors (Lipinski definition) is 4. The lowest BCUT2D eigenvalue weighted by Gasteiger charge is -2.40. The smallest absolute Gasteiger partial charge is 0.261 e. The highest BCUT2D eigenvalue weighted by Gasteiger charge is 2.40. The van der Waals surface area contributed by atoms with Crippen LogP contribution in [0, 0.1) is 0 Å². The summed E-state index contributed by atoms with van der Waals surface area (Å²) in [5, 5.41) is 0.883. The topological polar surface area (TPSA) is 42.4 Å². The summed E-state index contributed by atoms with van der Waals surface area (Å²) in [6.07, 6.45) is 0. The molecule has 0 radical (unpaired) electrons. The van der Waals surface area contributed by atoms with Gasteiger partial charge in [-0.1, -0.05) is 36.4 Å².